The average molecular weight is 292 g/mol. The van der Waals surface area contributed by atoms with E-state index < -0.39 is 0 Å². The van der Waals surface area contributed by atoms with Gasteiger partial charge in [0.15, 0.2) is 10.3 Å². The van der Waals surface area contributed by atoms with Crippen molar-refractivity contribution >= 4 is 29.1 Å². The van der Waals surface area contributed by atoms with Gasteiger partial charge >= 0.3 is 0 Å². The van der Waals surface area contributed by atoms with Crippen molar-refractivity contribution in [2.75, 3.05) is 26.3 Å². The number of morpholine rings is 1. The minimum atomic E-state index is -0.369. The molecule has 1 atom stereocenters. The molecule has 0 radical (unpaired) electrons. The molecule has 1 N–H and O–H groups in total. The molecule has 1 saturated heterocycles. The third-order valence-electron chi connectivity index (χ3n) is 2.58. The van der Waals surface area contributed by atoms with E-state index in [9.17, 15) is 4.79 Å². The molecule has 1 aliphatic heterocycles. The zero-order chi connectivity index (χ0) is 13.1. The van der Waals surface area contributed by atoms with Crippen LogP contribution in [0.1, 0.15) is 10.4 Å². The molecule has 0 spiro atoms. The first-order valence-electron chi connectivity index (χ1n) is 5.32. The largest absolute Gasteiger partial charge is 0.394 e. The highest BCUT2D eigenvalue weighted by atomic mass is 35.5. The van der Waals surface area contributed by atoms with E-state index in [0.29, 0.717) is 19.7 Å². The number of ether oxygens (including phenoxy) is 1. The number of rotatable bonds is 2. The topological polar surface area (TPSA) is 75.6 Å². The maximum atomic E-state index is 12.2. The zero-order valence-corrected chi connectivity index (χ0v) is 10.9. The van der Waals surface area contributed by atoms with Crippen LogP contribution in [0.25, 0.3) is 0 Å². The first kappa shape index (κ1) is 13.5. The summed E-state index contributed by atoms with van der Waals surface area (Å²) in [5, 5.41) is 16.3. The Bertz CT molecular complexity index is 458. The van der Waals surface area contributed by atoms with Gasteiger partial charge < -0.3 is 14.7 Å². The molecule has 18 heavy (non-hydrogen) atoms. The van der Waals surface area contributed by atoms with Gasteiger partial charge in [0.2, 0.25) is 0 Å². The van der Waals surface area contributed by atoms with Crippen LogP contribution in [0.15, 0.2) is 6.07 Å². The maximum absolute atomic E-state index is 12.2. The van der Waals surface area contributed by atoms with E-state index in [0.717, 1.165) is 0 Å². The molecule has 0 saturated carbocycles. The third kappa shape index (κ3) is 2.89. The van der Waals surface area contributed by atoms with Gasteiger partial charge in [-0.15, -0.1) is 10.2 Å². The summed E-state index contributed by atoms with van der Waals surface area (Å²) in [4.78, 5) is 13.8. The highest BCUT2D eigenvalue weighted by Gasteiger charge is 2.26. The van der Waals surface area contributed by atoms with E-state index in [2.05, 4.69) is 10.2 Å². The molecule has 0 aromatic carbocycles. The molecule has 2 rings (SSSR count). The van der Waals surface area contributed by atoms with Crippen molar-refractivity contribution in [3.05, 3.63) is 21.9 Å². The predicted molar refractivity (Wildman–Crippen MR) is 64.8 cm³/mol. The van der Waals surface area contributed by atoms with E-state index in [1.807, 2.05) is 0 Å². The van der Waals surface area contributed by atoms with Crippen LogP contribution in [0, 0.1) is 0 Å². The molecule has 6 nitrogen and oxygen atoms in total. The Labute approximate surface area is 113 Å². The van der Waals surface area contributed by atoms with Gasteiger partial charge in [0, 0.05) is 13.1 Å². The monoisotopic (exact) mass is 291 g/mol. The lowest BCUT2D eigenvalue weighted by molar-refractivity contribution is -0.0447. The van der Waals surface area contributed by atoms with E-state index in [1.165, 1.54) is 6.07 Å². The molecule has 0 bridgehead atoms. The highest BCUT2D eigenvalue weighted by Crippen LogP contribution is 2.18. The number of carbonyl (C=O) groups is 1. The van der Waals surface area contributed by atoms with Crippen molar-refractivity contribution < 1.29 is 14.6 Å². The average Bonchev–Trinajstić information content (AvgIpc) is 2.41. The number of aromatic nitrogens is 2. The van der Waals surface area contributed by atoms with Crippen LogP contribution in [-0.4, -0.2) is 58.5 Å². The number of carbonyl (C=O) groups excluding carboxylic acids is 1. The summed E-state index contributed by atoms with van der Waals surface area (Å²) in [5.74, 6) is -0.293. The molecule has 1 fully saturated rings. The molecule has 98 valence electrons. The lowest BCUT2D eigenvalue weighted by atomic mass is 10.2. The minimum absolute atomic E-state index is 0.0106. The van der Waals surface area contributed by atoms with Gasteiger partial charge in [0.25, 0.3) is 5.91 Å². The lowest BCUT2D eigenvalue weighted by Gasteiger charge is -2.32. The smallest absolute Gasteiger partial charge is 0.257 e. The molecule has 1 unspecified atom stereocenters. The van der Waals surface area contributed by atoms with Crippen molar-refractivity contribution in [2.45, 2.75) is 6.10 Å². The molecule has 1 amide bonds. The van der Waals surface area contributed by atoms with Crippen LogP contribution < -0.4 is 0 Å². The first-order valence-corrected chi connectivity index (χ1v) is 6.08. The number of aliphatic hydroxyl groups is 1. The fourth-order valence-electron chi connectivity index (χ4n) is 1.69. The Morgan fingerprint density at radius 2 is 2.33 bits per heavy atom. The Balaban J connectivity index is 2.17. The second-order valence-electron chi connectivity index (χ2n) is 3.80. The normalized spacial score (nSPS) is 19.9. The highest BCUT2D eigenvalue weighted by molar-refractivity contribution is 6.34. The Morgan fingerprint density at radius 1 is 1.56 bits per heavy atom. The number of halogens is 2. The summed E-state index contributed by atoms with van der Waals surface area (Å²) >= 11 is 11.5. The van der Waals surface area contributed by atoms with E-state index in [-0.39, 0.29) is 34.5 Å². The molecule has 8 heteroatoms. The number of aliphatic hydroxyl groups excluding tert-OH is 1. The van der Waals surface area contributed by atoms with Crippen LogP contribution in [-0.2, 0) is 4.74 Å². The number of hydrogen-bond acceptors (Lipinski definition) is 5. The Kier molecular flexibility index (Phi) is 4.34. The number of hydrogen-bond donors (Lipinski definition) is 1. The summed E-state index contributed by atoms with van der Waals surface area (Å²) in [6, 6.07) is 1.38. The standard InChI is InChI=1S/C10H11Cl2N3O3/c11-8-3-7(9(12)14-13-8)10(17)15-1-2-18-6(4-15)5-16/h3,6,16H,1-2,4-5H2. The molecule has 2 heterocycles. The molecule has 0 aliphatic carbocycles. The molecular formula is C10H11Cl2N3O3. The van der Waals surface area contributed by atoms with Crippen LogP contribution in [0.3, 0.4) is 0 Å². The fourth-order valence-corrected chi connectivity index (χ4v) is 2.01. The lowest BCUT2D eigenvalue weighted by Crippen LogP contribution is -2.47. The summed E-state index contributed by atoms with van der Waals surface area (Å²) in [5.41, 5.74) is 0.204. The molecular weight excluding hydrogens is 281 g/mol. The second-order valence-corrected chi connectivity index (χ2v) is 4.54. The van der Waals surface area contributed by atoms with Crippen LogP contribution >= 0.6 is 23.2 Å². The first-order chi connectivity index (χ1) is 8.61. The zero-order valence-electron chi connectivity index (χ0n) is 9.34. The quantitative estimate of drug-likeness (QED) is 0.864. The van der Waals surface area contributed by atoms with Gasteiger partial charge in [-0.05, 0) is 6.07 Å². The SMILES string of the molecule is O=C(c1cc(Cl)nnc1Cl)N1CCOC(CO)C1. The second kappa shape index (κ2) is 5.79. The van der Waals surface area contributed by atoms with Crippen LogP contribution in [0.5, 0.6) is 0 Å². The summed E-state index contributed by atoms with van der Waals surface area (Å²) in [7, 11) is 0. The van der Waals surface area contributed by atoms with Gasteiger partial charge in [-0.2, -0.15) is 0 Å². The number of amides is 1. The predicted octanol–water partition coefficient (Wildman–Crippen LogP) is 0.617. The van der Waals surface area contributed by atoms with Crippen molar-refractivity contribution in [3.8, 4) is 0 Å². The Morgan fingerprint density at radius 3 is 3.06 bits per heavy atom. The summed E-state index contributed by atoms with van der Waals surface area (Å²) in [6.45, 7) is 0.991. The van der Waals surface area contributed by atoms with Gasteiger partial charge in [0.1, 0.15) is 0 Å². The van der Waals surface area contributed by atoms with E-state index in [1.54, 1.807) is 4.90 Å². The molecule has 1 aromatic rings. The third-order valence-corrected chi connectivity index (χ3v) is 3.04. The van der Waals surface area contributed by atoms with E-state index in [4.69, 9.17) is 33.0 Å². The minimum Gasteiger partial charge on any atom is -0.394 e. The van der Waals surface area contributed by atoms with E-state index >= 15 is 0 Å². The summed E-state index contributed by atoms with van der Waals surface area (Å²) in [6.07, 6.45) is -0.369. The maximum Gasteiger partial charge on any atom is 0.257 e. The van der Waals surface area contributed by atoms with Crippen molar-refractivity contribution in [2.24, 2.45) is 0 Å². The van der Waals surface area contributed by atoms with Crippen molar-refractivity contribution in [3.63, 3.8) is 0 Å². The number of nitrogens with zero attached hydrogens (tertiary/aromatic N) is 3. The molecule has 1 aliphatic rings. The van der Waals surface area contributed by atoms with Crippen LogP contribution in [0.4, 0.5) is 0 Å². The van der Waals surface area contributed by atoms with Gasteiger partial charge in [-0.1, -0.05) is 23.2 Å². The van der Waals surface area contributed by atoms with Gasteiger partial charge in [0.05, 0.1) is 24.9 Å². The van der Waals surface area contributed by atoms with Crippen molar-refractivity contribution in [1.29, 1.82) is 0 Å². The fraction of sp³-hybridized carbons (Fsp3) is 0.500. The van der Waals surface area contributed by atoms with Gasteiger partial charge in [-0.3, -0.25) is 4.79 Å². The van der Waals surface area contributed by atoms with Crippen molar-refractivity contribution in [1.82, 2.24) is 15.1 Å². The molecule has 1 aromatic heterocycles. The Hall–Kier alpha value is -0.950. The van der Waals surface area contributed by atoms with Gasteiger partial charge in [-0.25, -0.2) is 0 Å². The van der Waals surface area contributed by atoms with Crippen LogP contribution in [0.2, 0.25) is 10.3 Å². The summed E-state index contributed by atoms with van der Waals surface area (Å²) < 4.78 is 5.27.